The topological polar surface area (TPSA) is 131 Å². The first-order valence-corrected chi connectivity index (χ1v) is 15.0. The fourth-order valence-electron chi connectivity index (χ4n) is 7.94. The molecule has 2 aromatic rings. The lowest BCUT2D eigenvalue weighted by Crippen LogP contribution is -2.69. The zero-order valence-corrected chi connectivity index (χ0v) is 24.6. The van der Waals surface area contributed by atoms with E-state index in [9.17, 15) is 15.2 Å². The Kier molecular flexibility index (Phi) is 6.14. The molecule has 0 radical (unpaired) electrons. The van der Waals surface area contributed by atoms with Gasteiger partial charge in [0.05, 0.1) is 25.3 Å². The van der Waals surface area contributed by atoms with Crippen LogP contribution in [0.2, 0.25) is 0 Å². The lowest BCUT2D eigenvalue weighted by Gasteiger charge is -2.62. The number of nitrogens with zero attached hydrogens (tertiary/aromatic N) is 3. The van der Waals surface area contributed by atoms with E-state index >= 15 is 0 Å². The highest BCUT2D eigenvalue weighted by atomic mass is 32.2. The fourth-order valence-corrected chi connectivity index (χ4v) is 9.44. The number of likely N-dealkylation sites (N-methyl/N-ethyl adjacent to an activating group) is 1. The van der Waals surface area contributed by atoms with Crippen molar-refractivity contribution in [3.63, 3.8) is 0 Å². The molecule has 7 atom stereocenters. The first kappa shape index (κ1) is 26.7. The summed E-state index contributed by atoms with van der Waals surface area (Å²) in [6.45, 7) is 6.22. The maximum atomic E-state index is 12.9. The van der Waals surface area contributed by atoms with E-state index in [0.29, 0.717) is 29.4 Å². The number of thioether (sulfide) groups is 1. The predicted octanol–water partition coefficient (Wildman–Crippen LogP) is 2.94. The summed E-state index contributed by atoms with van der Waals surface area (Å²) in [5, 5.41) is 22.3. The molecule has 0 aliphatic carbocycles. The molecule has 1 unspecified atom stereocenters. The molecule has 0 saturated carbocycles. The largest absolute Gasteiger partial charge is 0.504 e. The van der Waals surface area contributed by atoms with Crippen LogP contribution in [0.25, 0.3) is 0 Å². The van der Waals surface area contributed by atoms with Crippen LogP contribution in [0.5, 0.6) is 23.0 Å². The molecule has 5 aliphatic heterocycles. The third-order valence-corrected chi connectivity index (χ3v) is 11.3. The molecule has 2 saturated heterocycles. The Morgan fingerprint density at radius 2 is 1.90 bits per heavy atom. The Labute approximate surface area is 243 Å². The van der Waals surface area contributed by atoms with Gasteiger partial charge in [-0.15, -0.1) is 11.8 Å². The van der Waals surface area contributed by atoms with Crippen LogP contribution in [0, 0.1) is 32.1 Å². The van der Waals surface area contributed by atoms with Crippen molar-refractivity contribution in [1.29, 1.82) is 5.26 Å². The van der Waals surface area contributed by atoms with E-state index in [-0.39, 0.29) is 42.5 Å². The van der Waals surface area contributed by atoms with Crippen LogP contribution in [0.3, 0.4) is 0 Å². The fraction of sp³-hybridized carbons (Fsp3) is 0.533. The molecule has 4 bridgehead atoms. The number of nitriles is 1. The number of hydrogen-bond donors (Lipinski definition) is 2. The second-order valence-corrected chi connectivity index (χ2v) is 12.9. The molecule has 2 fully saturated rings. The van der Waals surface area contributed by atoms with Crippen molar-refractivity contribution < 1.29 is 28.8 Å². The molecule has 41 heavy (non-hydrogen) atoms. The number of aromatic hydroxyl groups is 1. The van der Waals surface area contributed by atoms with Crippen LogP contribution in [0.4, 0.5) is 0 Å². The summed E-state index contributed by atoms with van der Waals surface area (Å²) >= 11 is 1.61. The number of carbonyl (C=O) groups excluding carboxylic acids is 1. The summed E-state index contributed by atoms with van der Waals surface area (Å²) in [5.41, 5.74) is 13.2. The first-order chi connectivity index (χ1) is 19.7. The highest BCUT2D eigenvalue weighted by molar-refractivity contribution is 7.99. The number of phenols is 1. The molecule has 10 nitrogen and oxygen atoms in total. The first-order valence-electron chi connectivity index (χ1n) is 13.9. The molecular formula is C30H34N4O6S. The summed E-state index contributed by atoms with van der Waals surface area (Å²) in [6, 6.07) is 2.33. The molecule has 2 aromatic carbocycles. The summed E-state index contributed by atoms with van der Waals surface area (Å²) in [5.74, 6) is 1.88. The molecule has 11 heteroatoms. The van der Waals surface area contributed by atoms with E-state index < -0.39 is 24.1 Å². The number of piperazine rings is 1. The van der Waals surface area contributed by atoms with Gasteiger partial charge in [-0.1, -0.05) is 6.07 Å². The van der Waals surface area contributed by atoms with E-state index in [4.69, 9.17) is 24.7 Å². The number of methoxy groups -OCH3 is 1. The average Bonchev–Trinajstić information content (AvgIpc) is 3.44. The standard InChI is InChI=1S/C30H34N4O6S/c1-12-6-15-7-17-18(8-31)34-19-9-38-30(36)16(32)10-41-29(20-13(2)14(3)27-28(22(19)20)40-11-39-27)24(34)23(33(17)4)21(15)25(35)26(12)37-5/h6,16-19,23-24,29,35H,7,9-11,32H2,1-5H3/t16?,17-,18-,19-,23+,24+,29+/m0/s1. The van der Waals surface area contributed by atoms with Gasteiger partial charge in [0.25, 0.3) is 0 Å². The van der Waals surface area contributed by atoms with Crippen LogP contribution in [0.15, 0.2) is 6.07 Å². The van der Waals surface area contributed by atoms with Crippen LogP contribution >= 0.6 is 11.8 Å². The zero-order valence-electron chi connectivity index (χ0n) is 23.8. The molecule has 0 aromatic heterocycles. The second kappa shape index (κ2) is 9.42. The summed E-state index contributed by atoms with van der Waals surface area (Å²) in [4.78, 5) is 17.4. The normalized spacial score (nSPS) is 31.9. The number of nitrogens with two attached hydrogens (primary N) is 1. The number of aryl methyl sites for hydroxylation is 1. The van der Waals surface area contributed by atoms with Crippen LogP contribution in [-0.2, 0) is 16.0 Å². The highest BCUT2D eigenvalue weighted by Crippen LogP contribution is 2.62. The van der Waals surface area contributed by atoms with Crippen LogP contribution < -0.4 is 19.9 Å². The molecule has 3 N–H and O–H groups in total. The average molecular weight is 579 g/mol. The number of carbonyl (C=O) groups is 1. The van der Waals surface area contributed by atoms with E-state index in [1.54, 1.807) is 18.9 Å². The van der Waals surface area contributed by atoms with Gasteiger partial charge in [-0.3, -0.25) is 14.6 Å². The predicted molar refractivity (Wildman–Crippen MR) is 151 cm³/mol. The van der Waals surface area contributed by atoms with Crippen molar-refractivity contribution in [2.24, 2.45) is 5.73 Å². The Hall–Kier alpha value is -3.17. The molecule has 0 spiro atoms. The number of esters is 1. The minimum absolute atomic E-state index is 0.0309. The molecule has 0 amide bonds. The number of phenolic OH excluding ortho intramolecular Hbond substituents is 1. The Bertz CT molecular complexity index is 1520. The number of benzene rings is 2. The van der Waals surface area contributed by atoms with E-state index in [2.05, 4.69) is 28.9 Å². The molecule has 5 heterocycles. The maximum absolute atomic E-state index is 12.9. The minimum atomic E-state index is -0.776. The second-order valence-electron chi connectivity index (χ2n) is 11.7. The SMILES string of the molecule is COc1c(C)cc2c(c1O)[C@@H]1[C@@H]3[C@@H]4SCC(N)C(=O)OC[C@@H](c5c6c(c(C)c(C)c54)OCO6)N3[C@@H](C#N)[C@H](C2)N1C. The van der Waals surface area contributed by atoms with Gasteiger partial charge < -0.3 is 29.8 Å². The van der Waals surface area contributed by atoms with Crippen molar-refractivity contribution in [2.75, 3.05) is 33.3 Å². The van der Waals surface area contributed by atoms with Crippen molar-refractivity contribution in [3.05, 3.63) is 45.0 Å². The van der Waals surface area contributed by atoms with Gasteiger partial charge in [-0.05, 0) is 62.1 Å². The minimum Gasteiger partial charge on any atom is -0.504 e. The van der Waals surface area contributed by atoms with Crippen molar-refractivity contribution in [2.45, 2.75) is 68.7 Å². The van der Waals surface area contributed by atoms with E-state index in [1.165, 1.54) is 0 Å². The maximum Gasteiger partial charge on any atom is 0.323 e. The van der Waals surface area contributed by atoms with Crippen molar-refractivity contribution >= 4 is 17.7 Å². The monoisotopic (exact) mass is 578 g/mol. The van der Waals surface area contributed by atoms with E-state index in [1.807, 2.05) is 20.9 Å². The Morgan fingerprint density at radius 1 is 1.15 bits per heavy atom. The van der Waals surface area contributed by atoms with E-state index in [0.717, 1.165) is 38.9 Å². The van der Waals surface area contributed by atoms with Gasteiger partial charge in [0, 0.05) is 34.2 Å². The van der Waals surface area contributed by atoms with Gasteiger partial charge >= 0.3 is 5.97 Å². The summed E-state index contributed by atoms with van der Waals surface area (Å²) in [7, 11) is 3.62. The summed E-state index contributed by atoms with van der Waals surface area (Å²) < 4.78 is 23.6. The lowest BCUT2D eigenvalue weighted by atomic mass is 9.71. The van der Waals surface area contributed by atoms with Gasteiger partial charge in [-0.25, -0.2) is 0 Å². The number of fused-ring (bicyclic) bond motifs is 9. The zero-order chi connectivity index (χ0) is 28.9. The third-order valence-electron chi connectivity index (χ3n) is 9.83. The number of rotatable bonds is 1. The molecular weight excluding hydrogens is 544 g/mol. The molecule has 5 aliphatic rings. The smallest absolute Gasteiger partial charge is 0.323 e. The molecule has 216 valence electrons. The lowest BCUT2D eigenvalue weighted by molar-refractivity contribution is -0.150. The van der Waals surface area contributed by atoms with Gasteiger partial charge in [-0.2, -0.15) is 5.26 Å². The van der Waals surface area contributed by atoms with Gasteiger partial charge in [0.2, 0.25) is 6.79 Å². The quantitative estimate of drug-likeness (QED) is 0.485. The van der Waals surface area contributed by atoms with Crippen LogP contribution in [-0.4, -0.2) is 78.4 Å². The van der Waals surface area contributed by atoms with Gasteiger partial charge in [0.15, 0.2) is 23.0 Å². The number of hydrogen-bond acceptors (Lipinski definition) is 11. The van der Waals surface area contributed by atoms with Crippen molar-refractivity contribution in [3.8, 4) is 29.1 Å². The number of cyclic esters (lactones) is 1. The Balaban J connectivity index is 1.54. The third kappa shape index (κ3) is 3.51. The Morgan fingerprint density at radius 3 is 2.63 bits per heavy atom. The number of ether oxygens (including phenoxy) is 4. The highest BCUT2D eigenvalue weighted by Gasteiger charge is 2.60. The van der Waals surface area contributed by atoms with Crippen LogP contribution in [0.1, 0.15) is 56.3 Å². The summed E-state index contributed by atoms with van der Waals surface area (Å²) in [6.07, 6.45) is 0.592. The van der Waals surface area contributed by atoms with Gasteiger partial charge in [0.1, 0.15) is 18.7 Å². The van der Waals surface area contributed by atoms with Crippen molar-refractivity contribution in [1.82, 2.24) is 9.80 Å². The molecule has 7 rings (SSSR count).